The summed E-state index contributed by atoms with van der Waals surface area (Å²) >= 11 is 0. The van der Waals surface area contributed by atoms with Crippen molar-refractivity contribution in [1.29, 1.82) is 5.41 Å². The number of pyridine rings is 1. The van der Waals surface area contributed by atoms with Crippen molar-refractivity contribution in [3.8, 4) is 18.1 Å². The van der Waals surface area contributed by atoms with E-state index in [1.165, 1.54) is 13.3 Å². The number of carbonyl (C=O) groups excluding carboxylic acids is 2. The number of aromatic nitrogens is 1. The van der Waals surface area contributed by atoms with Gasteiger partial charge >= 0.3 is 0 Å². The number of carbonyl (C=O) groups is 2. The third kappa shape index (κ3) is 5.35. The first-order valence-electron chi connectivity index (χ1n) is 9.92. The molecular formula is C25H23N5O3. The molecule has 2 amide bonds. The highest BCUT2D eigenvalue weighted by molar-refractivity contribution is 6.13. The predicted molar refractivity (Wildman–Crippen MR) is 128 cm³/mol. The van der Waals surface area contributed by atoms with E-state index < -0.39 is 11.8 Å². The maximum Gasteiger partial charge on any atom is 0.259 e. The summed E-state index contributed by atoms with van der Waals surface area (Å²) in [7, 11) is 5.00. The lowest BCUT2D eigenvalue weighted by molar-refractivity contribution is 0.102. The molecule has 8 nitrogen and oxygen atoms in total. The first-order chi connectivity index (χ1) is 15.8. The van der Waals surface area contributed by atoms with Gasteiger partial charge in [0.2, 0.25) is 0 Å². The SMILES string of the molecule is C#Cc1ccc(NC(=O)c2cccc(OC)c2NC(=O)c2ccc(C(=N)N(C)C)cc2)nc1. The van der Waals surface area contributed by atoms with Crippen LogP contribution in [0.4, 0.5) is 11.5 Å². The molecule has 0 aliphatic carbocycles. The predicted octanol–water partition coefficient (Wildman–Crippen LogP) is 3.46. The summed E-state index contributed by atoms with van der Waals surface area (Å²) in [5.41, 5.74) is 2.07. The lowest BCUT2D eigenvalue weighted by atomic mass is 10.1. The minimum absolute atomic E-state index is 0.205. The van der Waals surface area contributed by atoms with E-state index in [0.29, 0.717) is 34.1 Å². The van der Waals surface area contributed by atoms with Gasteiger partial charge in [0.05, 0.1) is 18.4 Å². The zero-order valence-corrected chi connectivity index (χ0v) is 18.5. The van der Waals surface area contributed by atoms with Gasteiger partial charge in [0.1, 0.15) is 17.4 Å². The topological polar surface area (TPSA) is 107 Å². The summed E-state index contributed by atoms with van der Waals surface area (Å²) in [6.07, 6.45) is 6.81. The Morgan fingerprint density at radius 1 is 1.00 bits per heavy atom. The molecule has 0 bridgehead atoms. The molecule has 0 aliphatic heterocycles. The van der Waals surface area contributed by atoms with Crippen LogP contribution in [0.2, 0.25) is 0 Å². The van der Waals surface area contributed by atoms with Crippen LogP contribution < -0.4 is 15.4 Å². The molecule has 0 aliphatic rings. The highest BCUT2D eigenvalue weighted by Crippen LogP contribution is 2.29. The van der Waals surface area contributed by atoms with Crippen molar-refractivity contribution in [2.75, 3.05) is 31.8 Å². The van der Waals surface area contributed by atoms with Crippen LogP contribution in [0.1, 0.15) is 31.8 Å². The summed E-state index contributed by atoms with van der Waals surface area (Å²) in [5, 5.41) is 13.5. The molecule has 0 fully saturated rings. The van der Waals surface area contributed by atoms with E-state index in [-0.39, 0.29) is 11.3 Å². The molecule has 3 N–H and O–H groups in total. The average Bonchev–Trinajstić information content (AvgIpc) is 2.84. The number of hydrogen-bond donors (Lipinski definition) is 3. The maximum atomic E-state index is 12.9. The number of amidine groups is 1. The third-order valence-electron chi connectivity index (χ3n) is 4.77. The minimum atomic E-state index is -0.472. The quantitative estimate of drug-likeness (QED) is 0.309. The van der Waals surface area contributed by atoms with Crippen LogP contribution in [0.5, 0.6) is 5.75 Å². The molecule has 2 aromatic carbocycles. The van der Waals surface area contributed by atoms with Crippen molar-refractivity contribution in [2.45, 2.75) is 0 Å². The van der Waals surface area contributed by atoms with Gasteiger partial charge in [0.15, 0.2) is 0 Å². The fraction of sp³-hybridized carbons (Fsp3) is 0.120. The van der Waals surface area contributed by atoms with Gasteiger partial charge in [-0.15, -0.1) is 6.42 Å². The number of amides is 2. The molecule has 0 unspecified atom stereocenters. The smallest absolute Gasteiger partial charge is 0.259 e. The van der Waals surface area contributed by atoms with E-state index >= 15 is 0 Å². The van der Waals surface area contributed by atoms with E-state index in [2.05, 4.69) is 21.5 Å². The number of terminal acetylenes is 1. The van der Waals surface area contributed by atoms with Crippen LogP contribution in [0.25, 0.3) is 0 Å². The molecule has 0 saturated carbocycles. The molecule has 166 valence electrons. The van der Waals surface area contributed by atoms with Gasteiger partial charge in [-0.2, -0.15) is 0 Å². The van der Waals surface area contributed by atoms with Crippen molar-refractivity contribution in [3.63, 3.8) is 0 Å². The van der Waals surface area contributed by atoms with E-state index in [0.717, 1.165) is 0 Å². The minimum Gasteiger partial charge on any atom is -0.495 e. The molecule has 0 saturated heterocycles. The Morgan fingerprint density at radius 2 is 1.70 bits per heavy atom. The molecule has 3 rings (SSSR count). The van der Waals surface area contributed by atoms with Gasteiger partial charge in [-0.25, -0.2) is 4.98 Å². The van der Waals surface area contributed by atoms with Crippen LogP contribution in [-0.4, -0.2) is 48.7 Å². The maximum absolute atomic E-state index is 12.9. The summed E-state index contributed by atoms with van der Waals surface area (Å²) in [6.45, 7) is 0. The van der Waals surface area contributed by atoms with E-state index in [9.17, 15) is 9.59 Å². The Morgan fingerprint density at radius 3 is 2.27 bits per heavy atom. The van der Waals surface area contributed by atoms with Crippen molar-refractivity contribution < 1.29 is 14.3 Å². The second kappa shape index (κ2) is 10.1. The van der Waals surface area contributed by atoms with Gasteiger partial charge in [-0.3, -0.25) is 15.0 Å². The highest BCUT2D eigenvalue weighted by atomic mass is 16.5. The van der Waals surface area contributed by atoms with Gasteiger partial charge < -0.3 is 20.3 Å². The van der Waals surface area contributed by atoms with Crippen molar-refractivity contribution >= 4 is 29.2 Å². The standard InChI is InChI=1S/C25H23N5O3/c1-5-16-9-14-21(27-15-16)28-25(32)19-7-6-8-20(33-4)22(19)29-24(31)18-12-10-17(11-13-18)23(26)30(2)3/h1,6-15,26H,2-4H3,(H,29,31)(H,27,28,32). The number of methoxy groups -OCH3 is 1. The lowest BCUT2D eigenvalue weighted by Gasteiger charge is -2.16. The molecule has 33 heavy (non-hydrogen) atoms. The van der Waals surface area contributed by atoms with Crippen molar-refractivity contribution in [3.05, 3.63) is 83.0 Å². The fourth-order valence-corrected chi connectivity index (χ4v) is 2.98. The Bertz CT molecular complexity index is 1230. The number of benzene rings is 2. The number of para-hydroxylation sites is 1. The van der Waals surface area contributed by atoms with E-state index in [4.69, 9.17) is 16.6 Å². The number of nitrogens with one attached hydrogen (secondary N) is 3. The van der Waals surface area contributed by atoms with Gasteiger partial charge in [-0.05, 0) is 36.4 Å². The molecular weight excluding hydrogens is 418 g/mol. The normalized spacial score (nSPS) is 10.0. The van der Waals surface area contributed by atoms with Gasteiger partial charge in [0.25, 0.3) is 11.8 Å². The number of ether oxygens (including phenoxy) is 1. The Labute approximate surface area is 192 Å². The summed E-state index contributed by atoms with van der Waals surface area (Å²) in [6, 6.07) is 14.8. The second-order valence-corrected chi connectivity index (χ2v) is 7.19. The third-order valence-corrected chi connectivity index (χ3v) is 4.77. The summed E-state index contributed by atoms with van der Waals surface area (Å²) in [5.74, 6) is 2.54. The zero-order valence-electron chi connectivity index (χ0n) is 18.5. The second-order valence-electron chi connectivity index (χ2n) is 7.19. The number of rotatable bonds is 6. The average molecular weight is 441 g/mol. The van der Waals surface area contributed by atoms with Crippen LogP contribution in [0, 0.1) is 17.8 Å². The van der Waals surface area contributed by atoms with Crippen molar-refractivity contribution in [1.82, 2.24) is 9.88 Å². The number of nitrogens with zero attached hydrogens (tertiary/aromatic N) is 2. The monoisotopic (exact) mass is 441 g/mol. The van der Waals surface area contributed by atoms with Crippen LogP contribution in [-0.2, 0) is 0 Å². The van der Waals surface area contributed by atoms with Gasteiger partial charge in [-0.1, -0.05) is 24.1 Å². The Kier molecular flexibility index (Phi) is 7.06. The molecule has 1 aromatic heterocycles. The first-order valence-corrected chi connectivity index (χ1v) is 9.92. The van der Waals surface area contributed by atoms with Gasteiger partial charge in [0, 0.05) is 37.0 Å². The van der Waals surface area contributed by atoms with Crippen molar-refractivity contribution in [2.24, 2.45) is 0 Å². The molecule has 0 atom stereocenters. The van der Waals surface area contributed by atoms with Crippen LogP contribution >= 0.6 is 0 Å². The molecule has 0 spiro atoms. The fourth-order valence-electron chi connectivity index (χ4n) is 2.98. The number of anilines is 2. The highest BCUT2D eigenvalue weighted by Gasteiger charge is 2.19. The molecule has 1 heterocycles. The first kappa shape index (κ1) is 23.0. The van der Waals surface area contributed by atoms with E-state index in [1.807, 2.05) is 0 Å². The zero-order chi connectivity index (χ0) is 24.0. The largest absolute Gasteiger partial charge is 0.495 e. The van der Waals surface area contributed by atoms with E-state index in [1.54, 1.807) is 73.6 Å². The molecule has 8 heteroatoms. The van der Waals surface area contributed by atoms with Crippen LogP contribution in [0.15, 0.2) is 60.8 Å². The lowest BCUT2D eigenvalue weighted by Crippen LogP contribution is -2.22. The Balaban J connectivity index is 1.85. The Hall–Kier alpha value is -4.64. The van der Waals surface area contributed by atoms with Crippen LogP contribution in [0.3, 0.4) is 0 Å². The molecule has 3 aromatic rings. The number of hydrogen-bond acceptors (Lipinski definition) is 5. The summed E-state index contributed by atoms with van der Waals surface area (Å²) in [4.78, 5) is 31.6. The summed E-state index contributed by atoms with van der Waals surface area (Å²) < 4.78 is 5.36. The molecule has 0 radical (unpaired) electrons.